The van der Waals surface area contributed by atoms with E-state index < -0.39 is 5.41 Å². The van der Waals surface area contributed by atoms with Crippen LogP contribution >= 0.6 is 0 Å². The standard InChI is InChI=1S/C18H23FN2O2/c1-20-8-13-9-21(10-14(20)12-23-11-13)17(22)18(6-7-18)15-4-2-3-5-16(15)19/h2-5,13-14H,6-12H2,1H3/t13-,14+/m1/s1. The Hall–Kier alpha value is -1.46. The molecule has 2 heterocycles. The fraction of sp³-hybridized carbons (Fsp3) is 0.611. The lowest BCUT2D eigenvalue weighted by atomic mass is 9.93. The van der Waals surface area contributed by atoms with Gasteiger partial charge in [0.2, 0.25) is 5.91 Å². The lowest BCUT2D eigenvalue weighted by molar-refractivity contribution is -0.136. The number of amides is 1. The molecule has 1 aromatic rings. The molecule has 1 saturated carbocycles. The maximum absolute atomic E-state index is 14.2. The summed E-state index contributed by atoms with van der Waals surface area (Å²) in [6.45, 7) is 3.74. The van der Waals surface area contributed by atoms with Crippen LogP contribution in [0.2, 0.25) is 0 Å². The zero-order valence-corrected chi connectivity index (χ0v) is 13.5. The highest BCUT2D eigenvalue weighted by Gasteiger charge is 2.55. The van der Waals surface area contributed by atoms with Gasteiger partial charge < -0.3 is 9.64 Å². The average Bonchev–Trinajstić information content (AvgIpc) is 3.32. The van der Waals surface area contributed by atoms with Crippen LogP contribution in [0.15, 0.2) is 24.3 Å². The maximum atomic E-state index is 14.2. The summed E-state index contributed by atoms with van der Waals surface area (Å²) in [7, 11) is 2.10. The first-order valence-corrected chi connectivity index (χ1v) is 8.42. The predicted molar refractivity (Wildman–Crippen MR) is 84.6 cm³/mol. The quantitative estimate of drug-likeness (QED) is 0.831. The summed E-state index contributed by atoms with van der Waals surface area (Å²) in [5, 5.41) is 0. The zero-order chi connectivity index (χ0) is 16.0. The Balaban J connectivity index is 1.61. The van der Waals surface area contributed by atoms with Crippen LogP contribution in [0.5, 0.6) is 0 Å². The van der Waals surface area contributed by atoms with Crippen LogP contribution in [0.1, 0.15) is 18.4 Å². The maximum Gasteiger partial charge on any atom is 0.233 e. The van der Waals surface area contributed by atoms with E-state index in [1.54, 1.807) is 12.1 Å². The summed E-state index contributed by atoms with van der Waals surface area (Å²) < 4.78 is 20.0. The number of benzene rings is 1. The number of hydrogen-bond donors (Lipinski definition) is 0. The van der Waals surface area contributed by atoms with Crippen LogP contribution in [-0.4, -0.2) is 61.6 Å². The number of ether oxygens (including phenoxy) is 1. The van der Waals surface area contributed by atoms with Crippen molar-refractivity contribution in [1.82, 2.24) is 9.80 Å². The molecule has 2 atom stereocenters. The van der Waals surface area contributed by atoms with Gasteiger partial charge in [-0.2, -0.15) is 0 Å². The Morgan fingerprint density at radius 1 is 1.22 bits per heavy atom. The van der Waals surface area contributed by atoms with Crippen LogP contribution in [0.3, 0.4) is 0 Å². The summed E-state index contributed by atoms with van der Waals surface area (Å²) in [5.74, 6) is 0.191. The molecule has 0 aromatic heterocycles. The largest absolute Gasteiger partial charge is 0.379 e. The van der Waals surface area contributed by atoms with Crippen molar-refractivity contribution in [2.24, 2.45) is 5.92 Å². The minimum Gasteiger partial charge on any atom is -0.379 e. The van der Waals surface area contributed by atoms with Crippen LogP contribution in [0.4, 0.5) is 4.39 Å². The molecule has 0 spiro atoms. The Morgan fingerprint density at radius 2 is 2.00 bits per heavy atom. The van der Waals surface area contributed by atoms with E-state index in [1.165, 1.54) is 6.07 Å². The smallest absolute Gasteiger partial charge is 0.233 e. The summed E-state index contributed by atoms with van der Waals surface area (Å²) in [6, 6.07) is 6.98. The molecule has 3 aliphatic rings. The minimum atomic E-state index is -0.622. The van der Waals surface area contributed by atoms with Gasteiger partial charge in [-0.25, -0.2) is 4.39 Å². The first-order valence-electron chi connectivity index (χ1n) is 8.42. The summed E-state index contributed by atoms with van der Waals surface area (Å²) in [5.41, 5.74) is -0.0485. The van der Waals surface area contributed by atoms with Gasteiger partial charge in [-0.3, -0.25) is 9.69 Å². The van der Waals surface area contributed by atoms with Crippen molar-refractivity contribution in [2.45, 2.75) is 24.3 Å². The third kappa shape index (κ3) is 2.56. The SMILES string of the molecule is CN1C[C@H]2COC[C@@H]1CN(C(=O)C1(c3ccccc3F)CC1)C2. The van der Waals surface area contributed by atoms with E-state index in [0.29, 0.717) is 31.2 Å². The molecule has 2 saturated heterocycles. The number of hydrogen-bond acceptors (Lipinski definition) is 3. The molecular formula is C18H23FN2O2. The molecule has 0 radical (unpaired) electrons. The minimum absolute atomic E-state index is 0.106. The number of carbonyl (C=O) groups is 1. The van der Waals surface area contributed by atoms with Gasteiger partial charge >= 0.3 is 0 Å². The van der Waals surface area contributed by atoms with Crippen molar-refractivity contribution in [3.63, 3.8) is 0 Å². The van der Waals surface area contributed by atoms with Crippen LogP contribution in [0.25, 0.3) is 0 Å². The Kier molecular flexibility index (Phi) is 3.65. The van der Waals surface area contributed by atoms with Crippen molar-refractivity contribution in [1.29, 1.82) is 0 Å². The highest BCUT2D eigenvalue weighted by atomic mass is 19.1. The number of carbonyl (C=O) groups excluding carboxylic acids is 1. The van der Waals surface area contributed by atoms with E-state index in [4.69, 9.17) is 4.74 Å². The lowest BCUT2D eigenvalue weighted by Gasteiger charge is -2.32. The fourth-order valence-corrected chi connectivity index (χ4v) is 4.09. The Labute approximate surface area is 136 Å². The normalized spacial score (nSPS) is 29.9. The number of nitrogens with zero attached hydrogens (tertiary/aromatic N) is 2. The number of fused-ring (bicyclic) bond motifs is 3. The van der Waals surface area contributed by atoms with Crippen molar-refractivity contribution in [2.75, 3.05) is 39.9 Å². The Bertz CT molecular complexity index is 617. The summed E-state index contributed by atoms with van der Waals surface area (Å²) in [6.07, 6.45) is 1.51. The molecule has 124 valence electrons. The molecule has 4 nitrogen and oxygen atoms in total. The topological polar surface area (TPSA) is 32.8 Å². The molecule has 23 heavy (non-hydrogen) atoms. The van der Waals surface area contributed by atoms with Gasteiger partial charge in [-0.1, -0.05) is 18.2 Å². The second-order valence-electron chi connectivity index (χ2n) is 7.27. The highest BCUT2D eigenvalue weighted by molar-refractivity contribution is 5.91. The van der Waals surface area contributed by atoms with Gasteiger partial charge in [-0.05, 0) is 26.0 Å². The van der Waals surface area contributed by atoms with Crippen molar-refractivity contribution >= 4 is 5.91 Å². The second kappa shape index (κ2) is 5.56. The highest BCUT2D eigenvalue weighted by Crippen LogP contribution is 2.50. The van der Waals surface area contributed by atoms with E-state index >= 15 is 0 Å². The van der Waals surface area contributed by atoms with Crippen molar-refractivity contribution < 1.29 is 13.9 Å². The number of halogens is 1. The first-order chi connectivity index (χ1) is 11.1. The van der Waals surface area contributed by atoms with E-state index in [-0.39, 0.29) is 17.8 Å². The predicted octanol–water partition coefficient (Wildman–Crippen LogP) is 1.65. The van der Waals surface area contributed by atoms with Crippen LogP contribution in [-0.2, 0) is 14.9 Å². The van der Waals surface area contributed by atoms with Crippen molar-refractivity contribution in [3.05, 3.63) is 35.6 Å². The number of likely N-dealkylation sites (N-methyl/N-ethyl adjacent to an activating group) is 1. The molecule has 1 amide bonds. The van der Waals surface area contributed by atoms with Crippen molar-refractivity contribution in [3.8, 4) is 0 Å². The number of rotatable bonds is 2. The van der Waals surface area contributed by atoms with E-state index in [9.17, 15) is 9.18 Å². The third-order valence-electron chi connectivity index (χ3n) is 5.58. The van der Waals surface area contributed by atoms with Gasteiger partial charge in [0.1, 0.15) is 5.82 Å². The van der Waals surface area contributed by atoms with Gasteiger partial charge in [0, 0.05) is 31.1 Å². The summed E-state index contributed by atoms with van der Waals surface area (Å²) in [4.78, 5) is 17.5. The molecule has 3 fully saturated rings. The fourth-order valence-electron chi connectivity index (χ4n) is 4.09. The lowest BCUT2D eigenvalue weighted by Crippen LogP contribution is -2.48. The average molecular weight is 318 g/mol. The second-order valence-corrected chi connectivity index (χ2v) is 7.27. The van der Waals surface area contributed by atoms with Crippen LogP contribution in [0, 0.1) is 11.7 Å². The molecule has 2 aliphatic heterocycles. The van der Waals surface area contributed by atoms with Gasteiger partial charge in [0.15, 0.2) is 0 Å². The summed E-state index contributed by atoms with van der Waals surface area (Å²) >= 11 is 0. The molecule has 4 rings (SSSR count). The first kappa shape index (κ1) is 15.1. The van der Waals surface area contributed by atoms with Gasteiger partial charge in [-0.15, -0.1) is 0 Å². The molecule has 5 heteroatoms. The molecule has 1 aromatic carbocycles. The molecule has 2 bridgehead atoms. The monoisotopic (exact) mass is 318 g/mol. The molecular weight excluding hydrogens is 295 g/mol. The van der Waals surface area contributed by atoms with E-state index in [1.807, 2.05) is 11.0 Å². The molecule has 0 N–H and O–H groups in total. The van der Waals surface area contributed by atoms with E-state index in [0.717, 1.165) is 25.9 Å². The Morgan fingerprint density at radius 3 is 2.74 bits per heavy atom. The zero-order valence-electron chi connectivity index (χ0n) is 13.5. The molecule has 0 unspecified atom stereocenters. The van der Waals surface area contributed by atoms with Gasteiger partial charge in [0.25, 0.3) is 0 Å². The third-order valence-corrected chi connectivity index (χ3v) is 5.58. The molecule has 1 aliphatic carbocycles. The van der Waals surface area contributed by atoms with Gasteiger partial charge in [0.05, 0.1) is 24.7 Å². The van der Waals surface area contributed by atoms with E-state index in [2.05, 4.69) is 11.9 Å². The van der Waals surface area contributed by atoms with Crippen LogP contribution < -0.4 is 0 Å².